The zero-order chi connectivity index (χ0) is 12.5. The van der Waals surface area contributed by atoms with Crippen LogP contribution < -0.4 is 10.1 Å². The van der Waals surface area contributed by atoms with Crippen molar-refractivity contribution in [2.75, 3.05) is 20.3 Å². The second kappa shape index (κ2) is 8.09. The average Bonchev–Trinajstić information content (AvgIpc) is 2.34. The van der Waals surface area contributed by atoms with Crippen molar-refractivity contribution in [2.45, 2.75) is 32.7 Å². The number of aryl methyl sites for hydroxylation is 1. The van der Waals surface area contributed by atoms with Gasteiger partial charge in [-0.25, -0.2) is 0 Å². The second-order valence-electron chi connectivity index (χ2n) is 4.28. The van der Waals surface area contributed by atoms with Crippen LogP contribution >= 0.6 is 0 Å². The normalized spacial score (nSPS) is 10.5. The summed E-state index contributed by atoms with van der Waals surface area (Å²) in [5.74, 6) is 0.943. The molecule has 0 spiro atoms. The van der Waals surface area contributed by atoms with Gasteiger partial charge >= 0.3 is 0 Å². The molecule has 2 N–H and O–H groups in total. The van der Waals surface area contributed by atoms with Crippen molar-refractivity contribution >= 4 is 0 Å². The summed E-state index contributed by atoms with van der Waals surface area (Å²) in [4.78, 5) is 0. The van der Waals surface area contributed by atoms with E-state index in [-0.39, 0.29) is 0 Å². The van der Waals surface area contributed by atoms with E-state index in [9.17, 15) is 0 Å². The molecule has 0 atom stereocenters. The van der Waals surface area contributed by atoms with E-state index >= 15 is 0 Å². The van der Waals surface area contributed by atoms with E-state index in [1.54, 1.807) is 7.11 Å². The summed E-state index contributed by atoms with van der Waals surface area (Å²) in [5.41, 5.74) is 2.46. The standard InChI is InChI=1S/C14H23NO2/c1-12-6-7-14(17-2)13(10-12)11-15-8-4-3-5-9-16/h6-7,10,15-16H,3-5,8-9,11H2,1-2H3. The predicted molar refractivity (Wildman–Crippen MR) is 70.4 cm³/mol. The fraction of sp³-hybridized carbons (Fsp3) is 0.571. The molecule has 0 amide bonds. The molecular formula is C14H23NO2. The fourth-order valence-electron chi connectivity index (χ4n) is 1.81. The molecule has 0 aliphatic carbocycles. The number of hydrogen-bond acceptors (Lipinski definition) is 3. The minimum atomic E-state index is 0.297. The Morgan fingerprint density at radius 3 is 2.76 bits per heavy atom. The van der Waals surface area contributed by atoms with Gasteiger partial charge < -0.3 is 15.2 Å². The number of nitrogens with one attached hydrogen (secondary N) is 1. The third-order valence-electron chi connectivity index (χ3n) is 2.76. The monoisotopic (exact) mass is 237 g/mol. The SMILES string of the molecule is COc1ccc(C)cc1CNCCCCCO. The third kappa shape index (κ3) is 5.20. The quantitative estimate of drug-likeness (QED) is 0.681. The highest BCUT2D eigenvalue weighted by molar-refractivity contribution is 5.36. The number of rotatable bonds is 8. The summed E-state index contributed by atoms with van der Waals surface area (Å²) < 4.78 is 5.32. The van der Waals surface area contributed by atoms with E-state index in [1.807, 2.05) is 6.07 Å². The maximum atomic E-state index is 8.66. The highest BCUT2D eigenvalue weighted by atomic mass is 16.5. The molecule has 0 heterocycles. The molecular weight excluding hydrogens is 214 g/mol. The molecule has 3 heteroatoms. The Balaban J connectivity index is 2.32. The minimum Gasteiger partial charge on any atom is -0.496 e. The van der Waals surface area contributed by atoms with Crippen molar-refractivity contribution in [3.63, 3.8) is 0 Å². The van der Waals surface area contributed by atoms with Gasteiger partial charge in [-0.3, -0.25) is 0 Å². The first-order valence-corrected chi connectivity index (χ1v) is 6.23. The Morgan fingerprint density at radius 1 is 1.24 bits per heavy atom. The summed E-state index contributed by atoms with van der Waals surface area (Å²) in [7, 11) is 1.70. The Kier molecular flexibility index (Phi) is 6.67. The van der Waals surface area contributed by atoms with Gasteiger partial charge in [0.25, 0.3) is 0 Å². The molecule has 0 saturated heterocycles. The molecule has 1 aromatic carbocycles. The van der Waals surface area contributed by atoms with Crippen LogP contribution in [0.5, 0.6) is 5.75 Å². The van der Waals surface area contributed by atoms with Crippen LogP contribution in [0.1, 0.15) is 30.4 Å². The molecule has 3 nitrogen and oxygen atoms in total. The van der Waals surface area contributed by atoms with Crippen molar-refractivity contribution in [1.82, 2.24) is 5.32 Å². The lowest BCUT2D eigenvalue weighted by Crippen LogP contribution is -2.15. The smallest absolute Gasteiger partial charge is 0.123 e. The lowest BCUT2D eigenvalue weighted by atomic mass is 10.1. The number of hydrogen-bond donors (Lipinski definition) is 2. The molecule has 0 radical (unpaired) electrons. The highest BCUT2D eigenvalue weighted by Gasteiger charge is 2.02. The van der Waals surface area contributed by atoms with Crippen molar-refractivity contribution in [3.8, 4) is 5.75 Å². The number of benzene rings is 1. The van der Waals surface area contributed by atoms with E-state index in [1.165, 1.54) is 11.1 Å². The fourth-order valence-corrected chi connectivity index (χ4v) is 1.81. The van der Waals surface area contributed by atoms with Crippen LogP contribution in [0.3, 0.4) is 0 Å². The van der Waals surface area contributed by atoms with Gasteiger partial charge in [0.1, 0.15) is 5.75 Å². The van der Waals surface area contributed by atoms with Crippen LogP contribution in [0.25, 0.3) is 0 Å². The van der Waals surface area contributed by atoms with Crippen LogP contribution in [0.15, 0.2) is 18.2 Å². The molecule has 1 aromatic rings. The van der Waals surface area contributed by atoms with E-state index in [2.05, 4.69) is 24.4 Å². The molecule has 0 unspecified atom stereocenters. The summed E-state index contributed by atoms with van der Waals surface area (Å²) in [5, 5.41) is 12.1. The van der Waals surface area contributed by atoms with Crippen molar-refractivity contribution in [2.24, 2.45) is 0 Å². The molecule has 0 saturated carbocycles. The van der Waals surface area contributed by atoms with Gasteiger partial charge in [-0.1, -0.05) is 17.7 Å². The van der Waals surface area contributed by atoms with Crippen molar-refractivity contribution < 1.29 is 9.84 Å². The molecule has 0 aromatic heterocycles. The van der Waals surface area contributed by atoms with E-state index in [0.717, 1.165) is 38.1 Å². The molecule has 0 fully saturated rings. The topological polar surface area (TPSA) is 41.5 Å². The van der Waals surface area contributed by atoms with Gasteiger partial charge in [-0.15, -0.1) is 0 Å². The molecule has 1 rings (SSSR count). The summed E-state index contributed by atoms with van der Waals surface area (Å²) in [6.45, 7) is 4.21. The summed E-state index contributed by atoms with van der Waals surface area (Å²) >= 11 is 0. The van der Waals surface area contributed by atoms with Gasteiger partial charge in [-0.2, -0.15) is 0 Å². The zero-order valence-corrected chi connectivity index (χ0v) is 10.8. The first-order chi connectivity index (χ1) is 8.27. The Labute approximate surface area is 104 Å². The van der Waals surface area contributed by atoms with Crippen molar-refractivity contribution in [3.05, 3.63) is 29.3 Å². The highest BCUT2D eigenvalue weighted by Crippen LogP contribution is 2.19. The lowest BCUT2D eigenvalue weighted by Gasteiger charge is -2.10. The molecule has 17 heavy (non-hydrogen) atoms. The predicted octanol–water partition coefficient (Wildman–Crippen LogP) is 2.26. The Morgan fingerprint density at radius 2 is 2.06 bits per heavy atom. The van der Waals surface area contributed by atoms with Crippen molar-refractivity contribution in [1.29, 1.82) is 0 Å². The van der Waals surface area contributed by atoms with Gasteiger partial charge in [-0.05, 0) is 38.8 Å². The second-order valence-corrected chi connectivity index (χ2v) is 4.28. The van der Waals surface area contributed by atoms with E-state index in [0.29, 0.717) is 6.61 Å². The van der Waals surface area contributed by atoms with E-state index < -0.39 is 0 Å². The Hall–Kier alpha value is -1.06. The number of aliphatic hydroxyl groups excluding tert-OH is 1. The van der Waals surface area contributed by atoms with Crippen LogP contribution in [-0.2, 0) is 6.54 Å². The van der Waals surface area contributed by atoms with Gasteiger partial charge in [0.05, 0.1) is 7.11 Å². The van der Waals surface area contributed by atoms with E-state index in [4.69, 9.17) is 9.84 Å². The summed E-state index contributed by atoms with van der Waals surface area (Å²) in [6.07, 6.45) is 3.08. The number of aliphatic hydroxyl groups is 1. The zero-order valence-electron chi connectivity index (χ0n) is 10.8. The number of unbranched alkanes of at least 4 members (excludes halogenated alkanes) is 2. The largest absolute Gasteiger partial charge is 0.496 e. The summed E-state index contributed by atoms with van der Waals surface area (Å²) in [6, 6.07) is 6.22. The molecule has 96 valence electrons. The van der Waals surface area contributed by atoms with Crippen LogP contribution in [0, 0.1) is 6.92 Å². The lowest BCUT2D eigenvalue weighted by molar-refractivity contribution is 0.283. The van der Waals surface area contributed by atoms with Crippen LogP contribution in [0.2, 0.25) is 0 Å². The average molecular weight is 237 g/mol. The minimum absolute atomic E-state index is 0.297. The van der Waals surface area contributed by atoms with Gasteiger partial charge in [0, 0.05) is 18.7 Å². The number of ether oxygens (including phenoxy) is 1. The van der Waals surface area contributed by atoms with Gasteiger partial charge in [0.15, 0.2) is 0 Å². The first kappa shape index (κ1) is 14.0. The molecule has 0 aliphatic heterocycles. The third-order valence-corrected chi connectivity index (χ3v) is 2.76. The number of methoxy groups -OCH3 is 1. The van der Waals surface area contributed by atoms with Gasteiger partial charge in [0.2, 0.25) is 0 Å². The first-order valence-electron chi connectivity index (χ1n) is 6.23. The maximum absolute atomic E-state index is 8.66. The molecule has 0 aliphatic rings. The Bertz CT molecular complexity index is 326. The molecule has 0 bridgehead atoms. The van der Waals surface area contributed by atoms with Crippen LogP contribution in [0.4, 0.5) is 0 Å². The van der Waals surface area contributed by atoms with Crippen LogP contribution in [-0.4, -0.2) is 25.4 Å². The maximum Gasteiger partial charge on any atom is 0.123 e.